The molecular formula is C20H22ClN3O2. The molecule has 3 rings (SSSR count). The standard InChI is InChI=1S/C20H22ClN3O2/c1-3-23(20(26)22-15-10-9-14(2)17(21)13-15)18-11-12-24(19(18)25)16-7-5-4-6-8-16/h4-10,13,18H,3,11-12H2,1-2H3,(H,22,26)/t18-/m0/s1. The molecule has 5 nitrogen and oxygen atoms in total. The van der Waals surface area contributed by atoms with Gasteiger partial charge in [-0.2, -0.15) is 0 Å². The van der Waals surface area contributed by atoms with Crippen LogP contribution >= 0.6 is 11.6 Å². The van der Waals surface area contributed by atoms with Crippen LogP contribution in [0.2, 0.25) is 5.02 Å². The van der Waals surface area contributed by atoms with Gasteiger partial charge < -0.3 is 15.1 Å². The summed E-state index contributed by atoms with van der Waals surface area (Å²) in [6.07, 6.45) is 0.615. The number of amides is 3. The second-order valence-corrected chi connectivity index (χ2v) is 6.72. The molecule has 0 bridgehead atoms. The van der Waals surface area contributed by atoms with E-state index in [1.807, 2.05) is 50.2 Å². The van der Waals surface area contributed by atoms with Gasteiger partial charge in [-0.15, -0.1) is 0 Å². The van der Waals surface area contributed by atoms with Crippen LogP contribution in [0.4, 0.5) is 16.2 Å². The summed E-state index contributed by atoms with van der Waals surface area (Å²) in [5.41, 5.74) is 2.43. The van der Waals surface area contributed by atoms with Crippen LogP contribution in [0, 0.1) is 6.92 Å². The van der Waals surface area contributed by atoms with Gasteiger partial charge in [0.05, 0.1) is 0 Å². The van der Waals surface area contributed by atoms with E-state index in [9.17, 15) is 9.59 Å². The summed E-state index contributed by atoms with van der Waals surface area (Å²) in [7, 11) is 0. The minimum absolute atomic E-state index is 0.0462. The number of para-hydroxylation sites is 1. The van der Waals surface area contributed by atoms with E-state index in [1.165, 1.54) is 0 Å². The van der Waals surface area contributed by atoms with Gasteiger partial charge in [0.15, 0.2) is 0 Å². The van der Waals surface area contributed by atoms with Crippen LogP contribution in [-0.4, -0.2) is 36.0 Å². The highest BCUT2D eigenvalue weighted by molar-refractivity contribution is 6.31. The predicted octanol–water partition coefficient (Wildman–Crippen LogP) is 4.31. The molecule has 0 radical (unpaired) electrons. The second kappa shape index (κ2) is 7.79. The van der Waals surface area contributed by atoms with Crippen molar-refractivity contribution in [1.29, 1.82) is 0 Å². The minimum atomic E-state index is -0.457. The lowest BCUT2D eigenvalue weighted by atomic mass is 10.2. The Morgan fingerprint density at radius 1 is 1.27 bits per heavy atom. The average Bonchev–Trinajstić information content (AvgIpc) is 3.01. The maximum Gasteiger partial charge on any atom is 0.322 e. The van der Waals surface area contributed by atoms with Gasteiger partial charge in [0.1, 0.15) is 6.04 Å². The van der Waals surface area contributed by atoms with E-state index < -0.39 is 6.04 Å². The van der Waals surface area contributed by atoms with Crippen LogP contribution in [0.5, 0.6) is 0 Å². The fourth-order valence-electron chi connectivity index (χ4n) is 3.19. The smallest absolute Gasteiger partial charge is 0.313 e. The maximum atomic E-state index is 12.8. The van der Waals surface area contributed by atoms with Crippen LogP contribution in [0.25, 0.3) is 0 Å². The fraction of sp³-hybridized carbons (Fsp3) is 0.300. The fourth-order valence-corrected chi connectivity index (χ4v) is 3.37. The van der Waals surface area contributed by atoms with Crippen LogP contribution in [0.1, 0.15) is 18.9 Å². The van der Waals surface area contributed by atoms with Crippen molar-refractivity contribution in [2.75, 3.05) is 23.3 Å². The van der Waals surface area contributed by atoms with Crippen molar-refractivity contribution in [3.63, 3.8) is 0 Å². The van der Waals surface area contributed by atoms with Crippen LogP contribution in [-0.2, 0) is 4.79 Å². The van der Waals surface area contributed by atoms with E-state index in [4.69, 9.17) is 11.6 Å². The van der Waals surface area contributed by atoms with E-state index in [0.717, 1.165) is 11.3 Å². The monoisotopic (exact) mass is 371 g/mol. The van der Waals surface area contributed by atoms with E-state index in [2.05, 4.69) is 5.32 Å². The number of carbonyl (C=O) groups is 2. The molecule has 3 amide bonds. The Kier molecular flexibility index (Phi) is 5.47. The molecule has 26 heavy (non-hydrogen) atoms. The van der Waals surface area contributed by atoms with Gasteiger partial charge in [0.25, 0.3) is 0 Å². The van der Waals surface area contributed by atoms with Gasteiger partial charge >= 0.3 is 6.03 Å². The highest BCUT2D eigenvalue weighted by atomic mass is 35.5. The number of nitrogens with zero attached hydrogens (tertiary/aromatic N) is 2. The van der Waals surface area contributed by atoms with Gasteiger partial charge in [-0.1, -0.05) is 35.9 Å². The number of benzene rings is 2. The third kappa shape index (κ3) is 3.68. The largest absolute Gasteiger partial charge is 0.322 e. The first-order valence-electron chi connectivity index (χ1n) is 8.71. The van der Waals surface area contributed by atoms with E-state index in [-0.39, 0.29) is 11.9 Å². The van der Waals surface area contributed by atoms with E-state index >= 15 is 0 Å². The number of hydrogen-bond acceptors (Lipinski definition) is 2. The quantitative estimate of drug-likeness (QED) is 0.870. The molecule has 0 aromatic heterocycles. The van der Waals surface area contributed by atoms with Gasteiger partial charge in [-0.05, 0) is 50.1 Å². The molecule has 0 aliphatic carbocycles. The molecule has 6 heteroatoms. The predicted molar refractivity (Wildman–Crippen MR) is 105 cm³/mol. The topological polar surface area (TPSA) is 52.7 Å². The molecule has 1 saturated heterocycles. The number of carbonyl (C=O) groups excluding carboxylic acids is 2. The number of halogens is 1. The Balaban J connectivity index is 1.73. The molecular weight excluding hydrogens is 350 g/mol. The van der Waals surface area contributed by atoms with Crippen molar-refractivity contribution < 1.29 is 9.59 Å². The number of anilines is 2. The normalized spacial score (nSPS) is 16.7. The zero-order valence-corrected chi connectivity index (χ0v) is 15.7. The van der Waals surface area contributed by atoms with Crippen LogP contribution in [0.3, 0.4) is 0 Å². The van der Waals surface area contributed by atoms with E-state index in [1.54, 1.807) is 21.9 Å². The Labute approximate surface area is 158 Å². The van der Waals surface area contributed by atoms with Crippen molar-refractivity contribution in [2.24, 2.45) is 0 Å². The molecule has 1 N–H and O–H groups in total. The third-order valence-electron chi connectivity index (χ3n) is 4.65. The Bertz CT molecular complexity index is 810. The summed E-state index contributed by atoms with van der Waals surface area (Å²) in [6, 6.07) is 14.2. The number of aryl methyl sites for hydroxylation is 1. The lowest BCUT2D eigenvalue weighted by molar-refractivity contribution is -0.120. The molecule has 2 aromatic carbocycles. The molecule has 1 heterocycles. The summed E-state index contributed by atoms with van der Waals surface area (Å²) in [5, 5.41) is 3.44. The summed E-state index contributed by atoms with van der Waals surface area (Å²) < 4.78 is 0. The molecule has 1 aliphatic heterocycles. The molecule has 136 valence electrons. The first kappa shape index (κ1) is 18.3. The number of hydrogen-bond donors (Lipinski definition) is 1. The van der Waals surface area contributed by atoms with Crippen molar-refractivity contribution in [2.45, 2.75) is 26.3 Å². The minimum Gasteiger partial charge on any atom is -0.313 e. The van der Waals surface area contributed by atoms with Crippen molar-refractivity contribution in [3.05, 3.63) is 59.1 Å². The van der Waals surface area contributed by atoms with E-state index in [0.29, 0.717) is 30.2 Å². The van der Waals surface area contributed by atoms with Gasteiger partial charge in [0, 0.05) is 29.5 Å². The molecule has 2 aromatic rings. The Morgan fingerprint density at radius 2 is 2.00 bits per heavy atom. The summed E-state index contributed by atoms with van der Waals surface area (Å²) in [4.78, 5) is 28.9. The maximum absolute atomic E-state index is 12.8. The molecule has 1 fully saturated rings. The van der Waals surface area contributed by atoms with Gasteiger partial charge in [0.2, 0.25) is 5.91 Å². The second-order valence-electron chi connectivity index (χ2n) is 6.31. The zero-order chi connectivity index (χ0) is 18.7. The lowest BCUT2D eigenvalue weighted by Gasteiger charge is -2.27. The van der Waals surface area contributed by atoms with Gasteiger partial charge in [-0.3, -0.25) is 4.79 Å². The summed E-state index contributed by atoms with van der Waals surface area (Å²) in [6.45, 7) is 4.83. The summed E-state index contributed by atoms with van der Waals surface area (Å²) >= 11 is 6.12. The number of nitrogens with one attached hydrogen (secondary N) is 1. The van der Waals surface area contributed by atoms with Crippen molar-refractivity contribution in [1.82, 2.24) is 4.90 Å². The van der Waals surface area contributed by atoms with Gasteiger partial charge in [-0.25, -0.2) is 4.79 Å². The van der Waals surface area contributed by atoms with Crippen LogP contribution < -0.4 is 10.2 Å². The Hall–Kier alpha value is -2.53. The summed E-state index contributed by atoms with van der Waals surface area (Å²) in [5.74, 6) is -0.0462. The first-order valence-corrected chi connectivity index (χ1v) is 9.09. The Morgan fingerprint density at radius 3 is 2.65 bits per heavy atom. The zero-order valence-electron chi connectivity index (χ0n) is 14.9. The SMILES string of the molecule is CCN(C(=O)Nc1ccc(C)c(Cl)c1)[C@H]1CCN(c2ccccc2)C1=O. The average molecular weight is 372 g/mol. The lowest BCUT2D eigenvalue weighted by Crippen LogP contribution is -2.47. The molecule has 0 spiro atoms. The third-order valence-corrected chi connectivity index (χ3v) is 5.05. The van der Waals surface area contributed by atoms with Crippen molar-refractivity contribution in [3.8, 4) is 0 Å². The molecule has 1 aliphatic rings. The van der Waals surface area contributed by atoms with Crippen LogP contribution in [0.15, 0.2) is 48.5 Å². The van der Waals surface area contributed by atoms with Crippen molar-refractivity contribution >= 4 is 34.9 Å². The highest BCUT2D eigenvalue weighted by Crippen LogP contribution is 2.25. The molecule has 1 atom stereocenters. The molecule has 0 unspecified atom stereocenters. The first-order chi connectivity index (χ1) is 12.5. The number of urea groups is 1. The highest BCUT2D eigenvalue weighted by Gasteiger charge is 2.38. The molecule has 0 saturated carbocycles. The number of likely N-dealkylation sites (N-methyl/N-ethyl adjacent to an activating group) is 1. The number of rotatable bonds is 4.